The minimum atomic E-state index is 0.581. The van der Waals surface area contributed by atoms with Gasteiger partial charge in [-0.1, -0.05) is 121 Å². The van der Waals surface area contributed by atoms with Crippen LogP contribution in [-0.4, -0.2) is 15.0 Å². The van der Waals surface area contributed by atoms with E-state index in [1.165, 1.54) is 0 Å². The fourth-order valence-electron chi connectivity index (χ4n) is 8.26. The molecule has 4 aromatic heterocycles. The molecule has 57 heavy (non-hydrogen) atoms. The van der Waals surface area contributed by atoms with Crippen molar-refractivity contribution in [2.75, 3.05) is 0 Å². The molecule has 266 valence electrons. The second-order valence-corrected chi connectivity index (χ2v) is 14.3. The molecule has 8 aromatic carbocycles. The summed E-state index contributed by atoms with van der Waals surface area (Å²) in [6.07, 6.45) is 0. The van der Waals surface area contributed by atoms with E-state index in [4.69, 9.17) is 28.2 Å². The van der Waals surface area contributed by atoms with Crippen LogP contribution in [0.5, 0.6) is 0 Å². The number of para-hydroxylation sites is 1. The van der Waals surface area contributed by atoms with Crippen LogP contribution in [0.15, 0.2) is 189 Å². The molecule has 0 saturated heterocycles. The second kappa shape index (κ2) is 12.3. The normalized spacial score (nSPS) is 11.9. The van der Waals surface area contributed by atoms with Gasteiger partial charge in [0.1, 0.15) is 33.5 Å². The highest BCUT2D eigenvalue weighted by Gasteiger charge is 2.20. The number of nitrogens with zero attached hydrogens (tertiary/aromatic N) is 3. The Balaban J connectivity index is 1.02. The van der Waals surface area contributed by atoms with Crippen molar-refractivity contribution in [2.45, 2.75) is 0 Å². The van der Waals surface area contributed by atoms with Crippen LogP contribution in [0, 0.1) is 0 Å². The number of aromatic nitrogens is 3. The van der Waals surface area contributed by atoms with Crippen molar-refractivity contribution in [3.63, 3.8) is 0 Å². The van der Waals surface area contributed by atoms with E-state index in [2.05, 4.69) is 78.9 Å². The van der Waals surface area contributed by atoms with Gasteiger partial charge < -0.3 is 13.3 Å². The Morgan fingerprint density at radius 2 is 0.737 bits per heavy atom. The third-order valence-electron chi connectivity index (χ3n) is 11.0. The molecule has 0 spiro atoms. The van der Waals surface area contributed by atoms with Crippen molar-refractivity contribution >= 4 is 65.8 Å². The van der Waals surface area contributed by atoms with Crippen LogP contribution in [0.2, 0.25) is 0 Å². The van der Waals surface area contributed by atoms with Gasteiger partial charge in [0.2, 0.25) is 0 Å². The van der Waals surface area contributed by atoms with Crippen molar-refractivity contribution in [1.82, 2.24) is 15.0 Å². The van der Waals surface area contributed by atoms with Crippen LogP contribution < -0.4 is 0 Å². The molecule has 12 aromatic rings. The number of hydrogen-bond donors (Lipinski definition) is 0. The molecule has 6 nitrogen and oxygen atoms in total. The Hall–Kier alpha value is -7.83. The van der Waals surface area contributed by atoms with E-state index < -0.39 is 0 Å². The van der Waals surface area contributed by atoms with Crippen molar-refractivity contribution in [3.8, 4) is 56.4 Å². The maximum atomic E-state index is 6.50. The molecular formula is C51H29N3O3. The van der Waals surface area contributed by atoms with E-state index in [9.17, 15) is 0 Å². The molecule has 0 aliphatic rings. The van der Waals surface area contributed by atoms with E-state index in [0.29, 0.717) is 17.5 Å². The van der Waals surface area contributed by atoms with Gasteiger partial charge >= 0.3 is 0 Å². The molecule has 0 atom stereocenters. The number of rotatable bonds is 5. The zero-order valence-electron chi connectivity index (χ0n) is 30.3. The fourth-order valence-corrected chi connectivity index (χ4v) is 8.26. The zero-order chi connectivity index (χ0) is 37.5. The lowest BCUT2D eigenvalue weighted by atomic mass is 9.95. The summed E-state index contributed by atoms with van der Waals surface area (Å²) in [6, 6.07) is 59.9. The van der Waals surface area contributed by atoms with Crippen LogP contribution in [-0.2, 0) is 0 Å². The van der Waals surface area contributed by atoms with Gasteiger partial charge in [-0.05, 0) is 76.9 Å². The van der Waals surface area contributed by atoms with Crippen LogP contribution in [0.4, 0.5) is 0 Å². The molecule has 0 fully saturated rings. The van der Waals surface area contributed by atoms with Gasteiger partial charge in [0.15, 0.2) is 17.5 Å². The molecule has 0 N–H and O–H groups in total. The molecule has 0 amide bonds. The summed E-state index contributed by atoms with van der Waals surface area (Å²) in [4.78, 5) is 15.0. The minimum absolute atomic E-state index is 0.581. The van der Waals surface area contributed by atoms with E-state index in [-0.39, 0.29) is 0 Å². The minimum Gasteiger partial charge on any atom is -0.456 e. The topological polar surface area (TPSA) is 78.1 Å². The summed E-state index contributed by atoms with van der Waals surface area (Å²) in [6.45, 7) is 0. The average Bonchev–Trinajstić information content (AvgIpc) is 3.97. The lowest BCUT2D eigenvalue weighted by Gasteiger charge is -2.09. The summed E-state index contributed by atoms with van der Waals surface area (Å²) in [5.41, 5.74) is 12.0. The van der Waals surface area contributed by atoms with Crippen molar-refractivity contribution in [1.29, 1.82) is 0 Å². The smallest absolute Gasteiger partial charge is 0.164 e. The molecule has 12 rings (SSSR count). The van der Waals surface area contributed by atoms with Crippen molar-refractivity contribution in [2.24, 2.45) is 0 Å². The monoisotopic (exact) mass is 731 g/mol. The molecule has 0 radical (unpaired) electrons. The Morgan fingerprint density at radius 3 is 1.44 bits per heavy atom. The van der Waals surface area contributed by atoms with Gasteiger partial charge in [0.05, 0.1) is 0 Å². The number of furan rings is 3. The summed E-state index contributed by atoms with van der Waals surface area (Å²) < 4.78 is 19.2. The number of fused-ring (bicyclic) bond motifs is 9. The summed E-state index contributed by atoms with van der Waals surface area (Å²) >= 11 is 0. The van der Waals surface area contributed by atoms with Gasteiger partial charge in [-0.3, -0.25) is 0 Å². The Kier molecular flexibility index (Phi) is 6.83. The van der Waals surface area contributed by atoms with Crippen LogP contribution >= 0.6 is 0 Å². The van der Waals surface area contributed by atoms with E-state index in [0.717, 1.165) is 105 Å². The summed E-state index contributed by atoms with van der Waals surface area (Å²) in [5.74, 6) is 1.80. The number of hydrogen-bond acceptors (Lipinski definition) is 6. The van der Waals surface area contributed by atoms with Crippen LogP contribution in [0.25, 0.3) is 122 Å². The Labute approximate surface area is 325 Å². The quantitative estimate of drug-likeness (QED) is 0.175. The summed E-state index contributed by atoms with van der Waals surface area (Å²) in [7, 11) is 0. The third kappa shape index (κ3) is 5.08. The first-order chi connectivity index (χ1) is 28.2. The molecule has 4 heterocycles. The van der Waals surface area contributed by atoms with Gasteiger partial charge in [0, 0.05) is 49.0 Å². The van der Waals surface area contributed by atoms with E-state index in [1.807, 2.05) is 97.1 Å². The standard InChI is InChI=1S/C51H29N3O3/c1-3-11-30(12-4-1)49-52-50(31-13-5-2-6-14-31)54-51(53-49)38-17-10-20-45-48(38)40-28-34(23-26-43(40)56-45)35-16-9-19-44-47(35)39-27-32(22-25-42(39)55-44)33-21-24-37-36-15-7-8-18-41(36)57-46(37)29-33/h1-29H. The van der Waals surface area contributed by atoms with E-state index in [1.54, 1.807) is 0 Å². The van der Waals surface area contributed by atoms with Gasteiger partial charge in [-0.25, -0.2) is 15.0 Å². The predicted octanol–water partition coefficient (Wildman–Crippen LogP) is 13.9. The van der Waals surface area contributed by atoms with Crippen molar-refractivity contribution < 1.29 is 13.3 Å². The SMILES string of the molecule is c1ccc(-c2nc(-c3ccccc3)nc(-c3cccc4oc5ccc(-c6cccc7oc8ccc(-c9ccc%10c(c9)oc9ccccc9%10)cc8c67)cc5c34)n2)cc1. The van der Waals surface area contributed by atoms with Gasteiger partial charge in [0.25, 0.3) is 0 Å². The first-order valence-corrected chi connectivity index (χ1v) is 18.9. The summed E-state index contributed by atoms with van der Waals surface area (Å²) in [5, 5.41) is 6.27. The zero-order valence-corrected chi connectivity index (χ0v) is 30.3. The lowest BCUT2D eigenvalue weighted by molar-refractivity contribution is 0.668. The lowest BCUT2D eigenvalue weighted by Crippen LogP contribution is -2.00. The van der Waals surface area contributed by atoms with Crippen molar-refractivity contribution in [3.05, 3.63) is 176 Å². The Morgan fingerprint density at radius 1 is 0.263 bits per heavy atom. The number of benzene rings is 8. The molecular weight excluding hydrogens is 703 g/mol. The Bertz CT molecular complexity index is 3470. The van der Waals surface area contributed by atoms with E-state index >= 15 is 0 Å². The highest BCUT2D eigenvalue weighted by Crippen LogP contribution is 2.42. The maximum absolute atomic E-state index is 6.50. The van der Waals surface area contributed by atoms with Crippen LogP contribution in [0.1, 0.15) is 0 Å². The first-order valence-electron chi connectivity index (χ1n) is 18.9. The highest BCUT2D eigenvalue weighted by molar-refractivity contribution is 6.16. The largest absolute Gasteiger partial charge is 0.456 e. The first kappa shape index (κ1) is 31.5. The maximum Gasteiger partial charge on any atom is 0.164 e. The fraction of sp³-hybridized carbons (Fsp3) is 0. The van der Waals surface area contributed by atoms with Gasteiger partial charge in [-0.2, -0.15) is 0 Å². The van der Waals surface area contributed by atoms with Crippen LogP contribution in [0.3, 0.4) is 0 Å². The second-order valence-electron chi connectivity index (χ2n) is 14.3. The molecule has 0 saturated carbocycles. The van der Waals surface area contributed by atoms with Gasteiger partial charge in [-0.15, -0.1) is 0 Å². The predicted molar refractivity (Wildman–Crippen MR) is 229 cm³/mol. The molecule has 0 unspecified atom stereocenters. The average molecular weight is 732 g/mol. The molecule has 0 aliphatic heterocycles. The molecule has 0 aliphatic carbocycles. The molecule has 0 bridgehead atoms. The molecule has 6 heteroatoms. The highest BCUT2D eigenvalue weighted by atomic mass is 16.3. The third-order valence-corrected chi connectivity index (χ3v) is 11.0.